The van der Waals surface area contributed by atoms with Crippen LogP contribution in [-0.2, 0) is 13.2 Å². The number of carbonyl (C=O) groups excluding carboxylic acids is 1. The number of carbonyl (C=O) groups is 1. The van der Waals surface area contributed by atoms with Gasteiger partial charge < -0.3 is 30.1 Å². The standard InChI is InChI=1S/C26H29N5O3/c1-16(2)29-26(32)30-19-7-5-18(6-8-19)25-24(27)21-10-9-20(34-15-23-28-11-12-33-23)13-22(21)31(25)14-17-3-4-17/h5-13,16-17H,3-4,14-15,27H2,1-2H3,(H2,29,30,32). The van der Waals surface area contributed by atoms with Gasteiger partial charge in [-0.1, -0.05) is 12.1 Å². The van der Waals surface area contributed by atoms with E-state index in [-0.39, 0.29) is 18.7 Å². The predicted octanol–water partition coefficient (Wildman–Crippen LogP) is 5.40. The van der Waals surface area contributed by atoms with Crippen LogP contribution in [0.5, 0.6) is 5.75 Å². The van der Waals surface area contributed by atoms with E-state index in [4.69, 9.17) is 14.9 Å². The van der Waals surface area contributed by atoms with E-state index >= 15 is 0 Å². The molecule has 2 amide bonds. The summed E-state index contributed by atoms with van der Waals surface area (Å²) in [5.41, 5.74) is 11.2. The molecule has 8 heteroatoms. The molecule has 176 valence electrons. The number of benzene rings is 2. The van der Waals surface area contributed by atoms with Gasteiger partial charge in [-0.25, -0.2) is 9.78 Å². The number of urea groups is 1. The first-order valence-corrected chi connectivity index (χ1v) is 11.6. The maximum atomic E-state index is 12.0. The number of hydrogen-bond donors (Lipinski definition) is 3. The summed E-state index contributed by atoms with van der Waals surface area (Å²) in [5, 5.41) is 6.69. The van der Waals surface area contributed by atoms with E-state index in [2.05, 4.69) is 20.2 Å². The summed E-state index contributed by atoms with van der Waals surface area (Å²) >= 11 is 0. The molecule has 0 spiro atoms. The van der Waals surface area contributed by atoms with Crippen LogP contribution in [0, 0.1) is 5.92 Å². The summed E-state index contributed by atoms with van der Waals surface area (Å²) in [6, 6.07) is 13.6. The number of amides is 2. The second kappa shape index (κ2) is 9.13. The van der Waals surface area contributed by atoms with E-state index in [0.717, 1.165) is 45.8 Å². The molecule has 0 unspecified atom stereocenters. The van der Waals surface area contributed by atoms with E-state index in [1.165, 1.54) is 19.1 Å². The third-order valence-electron chi connectivity index (χ3n) is 5.89. The molecule has 0 aliphatic heterocycles. The quantitative estimate of drug-likeness (QED) is 0.327. The van der Waals surface area contributed by atoms with Crippen LogP contribution in [-0.4, -0.2) is 21.6 Å². The molecule has 4 aromatic rings. The van der Waals surface area contributed by atoms with E-state index < -0.39 is 0 Å². The number of nitrogen functional groups attached to an aromatic ring is 1. The molecule has 2 aromatic carbocycles. The van der Waals surface area contributed by atoms with Crippen molar-refractivity contribution in [2.75, 3.05) is 11.1 Å². The second-order valence-electron chi connectivity index (χ2n) is 9.04. The Labute approximate surface area is 198 Å². The normalized spacial score (nSPS) is 13.4. The highest BCUT2D eigenvalue weighted by molar-refractivity contribution is 6.01. The minimum absolute atomic E-state index is 0.0708. The molecule has 0 radical (unpaired) electrons. The SMILES string of the molecule is CC(C)NC(=O)Nc1ccc(-c2c(N)c3ccc(OCc4ncco4)cc3n2CC2CC2)cc1. The molecule has 5 rings (SSSR count). The second-order valence-corrected chi connectivity index (χ2v) is 9.04. The molecule has 8 nitrogen and oxygen atoms in total. The average molecular weight is 460 g/mol. The number of nitrogens with zero attached hydrogens (tertiary/aromatic N) is 2. The fourth-order valence-electron chi connectivity index (χ4n) is 4.12. The van der Waals surface area contributed by atoms with Gasteiger partial charge in [0.1, 0.15) is 12.0 Å². The molecule has 4 N–H and O–H groups in total. The fourth-order valence-corrected chi connectivity index (χ4v) is 4.12. The largest absolute Gasteiger partial charge is 0.484 e. The number of oxazole rings is 1. The molecule has 1 aliphatic carbocycles. The Morgan fingerprint density at radius 1 is 1.24 bits per heavy atom. The van der Waals surface area contributed by atoms with Gasteiger partial charge in [0.15, 0.2) is 6.61 Å². The van der Waals surface area contributed by atoms with E-state index in [1.54, 1.807) is 6.20 Å². The highest BCUT2D eigenvalue weighted by Gasteiger charge is 2.26. The lowest BCUT2D eigenvalue weighted by atomic mass is 10.1. The van der Waals surface area contributed by atoms with E-state index in [9.17, 15) is 4.79 Å². The van der Waals surface area contributed by atoms with Gasteiger partial charge in [-0.2, -0.15) is 0 Å². The Morgan fingerprint density at radius 3 is 2.71 bits per heavy atom. The monoisotopic (exact) mass is 459 g/mol. The van der Waals surface area contributed by atoms with Gasteiger partial charge in [0.2, 0.25) is 5.89 Å². The number of hydrogen-bond acceptors (Lipinski definition) is 5. The summed E-state index contributed by atoms with van der Waals surface area (Å²) in [6.45, 7) is 5.02. The van der Waals surface area contributed by atoms with Crippen molar-refractivity contribution in [3.63, 3.8) is 0 Å². The first-order chi connectivity index (χ1) is 16.5. The topological polar surface area (TPSA) is 107 Å². The van der Waals surface area contributed by atoms with Crippen LogP contribution in [0.25, 0.3) is 22.2 Å². The Bertz CT molecular complexity index is 1290. The fraction of sp³-hybridized carbons (Fsp3) is 0.308. The Morgan fingerprint density at radius 2 is 2.03 bits per heavy atom. The zero-order valence-electron chi connectivity index (χ0n) is 19.4. The Hall–Kier alpha value is -3.94. The van der Waals surface area contributed by atoms with Crippen molar-refractivity contribution in [2.45, 2.75) is 45.9 Å². The van der Waals surface area contributed by atoms with Crippen LogP contribution in [0.1, 0.15) is 32.6 Å². The molecule has 34 heavy (non-hydrogen) atoms. The lowest BCUT2D eigenvalue weighted by Crippen LogP contribution is -2.34. The van der Waals surface area contributed by atoms with Gasteiger partial charge in [0.05, 0.1) is 23.1 Å². The molecule has 1 aliphatic rings. The van der Waals surface area contributed by atoms with Gasteiger partial charge >= 0.3 is 6.03 Å². The maximum Gasteiger partial charge on any atom is 0.319 e. The highest BCUT2D eigenvalue weighted by atomic mass is 16.5. The smallest absolute Gasteiger partial charge is 0.319 e. The molecule has 0 saturated heterocycles. The summed E-state index contributed by atoms with van der Waals surface area (Å²) in [5.74, 6) is 1.93. The van der Waals surface area contributed by atoms with Gasteiger partial charge in [0.25, 0.3) is 0 Å². The number of fused-ring (bicyclic) bond motifs is 1. The number of nitrogens with two attached hydrogens (primary N) is 1. The van der Waals surface area contributed by atoms with Crippen molar-refractivity contribution in [2.24, 2.45) is 5.92 Å². The molecule has 0 atom stereocenters. The van der Waals surface area contributed by atoms with Gasteiger partial charge in [-0.15, -0.1) is 0 Å². The first kappa shape index (κ1) is 21.9. The van der Waals surface area contributed by atoms with Crippen LogP contribution >= 0.6 is 0 Å². The summed E-state index contributed by atoms with van der Waals surface area (Å²) in [4.78, 5) is 16.1. The highest BCUT2D eigenvalue weighted by Crippen LogP contribution is 2.41. The van der Waals surface area contributed by atoms with Crippen LogP contribution in [0.4, 0.5) is 16.2 Å². The van der Waals surface area contributed by atoms with Crippen molar-refractivity contribution in [3.8, 4) is 17.0 Å². The molecule has 0 bridgehead atoms. The lowest BCUT2D eigenvalue weighted by molar-refractivity contribution is 0.250. The zero-order valence-corrected chi connectivity index (χ0v) is 19.4. The molecular weight excluding hydrogens is 430 g/mol. The van der Waals surface area contributed by atoms with Gasteiger partial charge in [-0.3, -0.25) is 0 Å². The first-order valence-electron chi connectivity index (χ1n) is 11.6. The van der Waals surface area contributed by atoms with Crippen molar-refractivity contribution in [1.29, 1.82) is 0 Å². The maximum absolute atomic E-state index is 12.0. The molecule has 2 heterocycles. The zero-order chi connectivity index (χ0) is 23.7. The third kappa shape index (κ3) is 4.71. The molecular formula is C26H29N5O3. The van der Waals surface area contributed by atoms with Crippen LogP contribution in [0.15, 0.2) is 59.3 Å². The van der Waals surface area contributed by atoms with Crippen molar-refractivity contribution in [3.05, 3.63) is 60.8 Å². The van der Waals surface area contributed by atoms with Crippen molar-refractivity contribution < 1.29 is 13.9 Å². The average Bonchev–Trinajstić information content (AvgIpc) is 3.39. The summed E-state index contributed by atoms with van der Waals surface area (Å²) < 4.78 is 13.5. The number of aromatic nitrogens is 2. The third-order valence-corrected chi connectivity index (χ3v) is 5.89. The molecule has 2 aromatic heterocycles. The number of nitrogens with one attached hydrogen (secondary N) is 2. The van der Waals surface area contributed by atoms with Crippen LogP contribution < -0.4 is 21.1 Å². The molecule has 1 fully saturated rings. The predicted molar refractivity (Wildman–Crippen MR) is 133 cm³/mol. The minimum atomic E-state index is -0.220. The number of ether oxygens (including phenoxy) is 1. The Kier molecular flexibility index (Phi) is 5.88. The summed E-state index contributed by atoms with van der Waals surface area (Å²) in [7, 11) is 0. The van der Waals surface area contributed by atoms with Crippen LogP contribution in [0.2, 0.25) is 0 Å². The van der Waals surface area contributed by atoms with Crippen molar-refractivity contribution in [1.82, 2.24) is 14.9 Å². The van der Waals surface area contributed by atoms with Crippen molar-refractivity contribution >= 4 is 28.3 Å². The van der Waals surface area contributed by atoms with E-state index in [0.29, 0.717) is 11.8 Å². The molecule has 1 saturated carbocycles. The lowest BCUT2D eigenvalue weighted by Gasteiger charge is -2.13. The van der Waals surface area contributed by atoms with Gasteiger partial charge in [-0.05, 0) is 56.9 Å². The number of anilines is 2. The number of rotatable bonds is 8. The van der Waals surface area contributed by atoms with E-state index in [1.807, 2.05) is 56.3 Å². The van der Waals surface area contributed by atoms with Crippen LogP contribution in [0.3, 0.4) is 0 Å². The minimum Gasteiger partial charge on any atom is -0.484 e. The summed E-state index contributed by atoms with van der Waals surface area (Å²) in [6.07, 6.45) is 5.60. The van der Waals surface area contributed by atoms with Gasteiger partial charge in [0, 0.05) is 35.3 Å². The Balaban J connectivity index is 1.46.